The largest absolute Gasteiger partial charge is 0.394 e. The van der Waals surface area contributed by atoms with Gasteiger partial charge in [-0.25, -0.2) is 0 Å². The molecule has 0 aromatic rings. The monoisotopic (exact) mass is 223 g/mol. The third-order valence-corrected chi connectivity index (χ3v) is 1.92. The molecule has 0 amide bonds. The summed E-state index contributed by atoms with van der Waals surface area (Å²) in [6, 6.07) is 0. The molecule has 0 radical (unpaired) electrons. The Labute approximate surface area is 87.1 Å². The van der Waals surface area contributed by atoms with Crippen LogP contribution in [0, 0.1) is 0 Å². The summed E-state index contributed by atoms with van der Waals surface area (Å²) in [7, 11) is 0. The van der Waals surface area contributed by atoms with Crippen LogP contribution in [0.5, 0.6) is 0 Å². The van der Waals surface area contributed by atoms with Crippen molar-refractivity contribution in [1.82, 2.24) is 5.06 Å². The SMILES string of the molecule is CCN(O)C[C@@H](O)C(=O)[C@H](O)[C@@H](O)CO. The van der Waals surface area contributed by atoms with Crippen molar-refractivity contribution < 1.29 is 30.4 Å². The predicted octanol–water partition coefficient (Wildman–Crippen LogP) is -2.66. The lowest BCUT2D eigenvalue weighted by Gasteiger charge is -2.20. The van der Waals surface area contributed by atoms with Crippen molar-refractivity contribution in [3.05, 3.63) is 0 Å². The predicted molar refractivity (Wildman–Crippen MR) is 49.1 cm³/mol. The Morgan fingerprint density at radius 1 is 1.33 bits per heavy atom. The van der Waals surface area contributed by atoms with Crippen molar-refractivity contribution in [2.75, 3.05) is 19.7 Å². The number of carbonyl (C=O) groups is 1. The molecule has 0 spiro atoms. The number of likely N-dealkylation sites (N-methyl/N-ethyl adjacent to an activating group) is 1. The van der Waals surface area contributed by atoms with E-state index in [1.165, 1.54) is 0 Å². The van der Waals surface area contributed by atoms with E-state index in [0.717, 1.165) is 0 Å². The Bertz CT molecular complexity index is 200. The second-order valence-electron chi connectivity index (χ2n) is 3.12. The maximum atomic E-state index is 11.2. The smallest absolute Gasteiger partial charge is 0.193 e. The molecule has 5 N–H and O–H groups in total. The summed E-state index contributed by atoms with van der Waals surface area (Å²) in [4.78, 5) is 11.2. The lowest BCUT2D eigenvalue weighted by molar-refractivity contribution is -0.153. The van der Waals surface area contributed by atoms with Gasteiger partial charge < -0.3 is 25.6 Å². The zero-order valence-corrected chi connectivity index (χ0v) is 8.44. The quantitative estimate of drug-likeness (QED) is 0.299. The number of ketones is 1. The Balaban J connectivity index is 4.19. The molecule has 7 heteroatoms. The van der Waals surface area contributed by atoms with Crippen LogP contribution in [-0.2, 0) is 4.79 Å². The highest BCUT2D eigenvalue weighted by Crippen LogP contribution is 2.00. The fraction of sp³-hybridized carbons (Fsp3) is 0.875. The molecule has 0 saturated carbocycles. The molecule has 7 nitrogen and oxygen atoms in total. The number of aliphatic hydroxyl groups excluding tert-OH is 4. The third kappa shape index (κ3) is 4.65. The zero-order valence-electron chi connectivity index (χ0n) is 8.44. The fourth-order valence-electron chi connectivity index (χ4n) is 0.905. The normalized spacial score (nSPS) is 17.5. The van der Waals surface area contributed by atoms with E-state index in [9.17, 15) is 9.90 Å². The number of hydroxylamine groups is 2. The molecule has 3 atom stereocenters. The van der Waals surface area contributed by atoms with Gasteiger partial charge in [0.05, 0.1) is 13.2 Å². The number of hydrogen-bond acceptors (Lipinski definition) is 7. The molecule has 0 aromatic carbocycles. The minimum Gasteiger partial charge on any atom is -0.394 e. The maximum Gasteiger partial charge on any atom is 0.193 e. The van der Waals surface area contributed by atoms with Crippen LogP contribution in [0.25, 0.3) is 0 Å². The van der Waals surface area contributed by atoms with Crippen LogP contribution in [0.1, 0.15) is 6.92 Å². The topological polar surface area (TPSA) is 121 Å². The van der Waals surface area contributed by atoms with E-state index in [0.29, 0.717) is 5.06 Å². The van der Waals surface area contributed by atoms with Gasteiger partial charge in [-0.05, 0) is 0 Å². The van der Waals surface area contributed by atoms with Crippen LogP contribution in [-0.4, -0.2) is 74.5 Å². The Morgan fingerprint density at radius 2 is 1.87 bits per heavy atom. The number of nitrogens with zero attached hydrogens (tertiary/aromatic N) is 1. The third-order valence-electron chi connectivity index (χ3n) is 1.92. The Hall–Kier alpha value is -0.570. The van der Waals surface area contributed by atoms with Gasteiger partial charge in [0.15, 0.2) is 5.78 Å². The van der Waals surface area contributed by atoms with Crippen LogP contribution < -0.4 is 0 Å². The number of Topliss-reactive ketones (excluding diaryl/α,β-unsaturated/α-hetero) is 1. The molecule has 0 aliphatic carbocycles. The average molecular weight is 223 g/mol. The highest BCUT2D eigenvalue weighted by Gasteiger charge is 2.29. The molecule has 0 rings (SSSR count). The molecular formula is C8H17NO6. The van der Waals surface area contributed by atoms with Gasteiger partial charge in [0.25, 0.3) is 0 Å². The summed E-state index contributed by atoms with van der Waals surface area (Å²) in [5, 5.41) is 45.4. The fourth-order valence-corrected chi connectivity index (χ4v) is 0.905. The first-order chi connectivity index (χ1) is 6.93. The van der Waals surface area contributed by atoms with Gasteiger partial charge in [0, 0.05) is 6.54 Å². The summed E-state index contributed by atoms with van der Waals surface area (Å²) < 4.78 is 0. The Kier molecular flexibility index (Phi) is 6.57. The van der Waals surface area contributed by atoms with Crippen molar-refractivity contribution >= 4 is 5.78 Å². The first kappa shape index (κ1) is 14.4. The Morgan fingerprint density at radius 3 is 2.27 bits per heavy atom. The van der Waals surface area contributed by atoms with Crippen LogP contribution in [0.2, 0.25) is 0 Å². The molecule has 0 bridgehead atoms. The summed E-state index contributed by atoms with van der Waals surface area (Å²) in [6.07, 6.45) is -5.08. The highest BCUT2D eigenvalue weighted by atomic mass is 16.5. The minimum atomic E-state index is -1.85. The first-order valence-corrected chi connectivity index (χ1v) is 4.56. The lowest BCUT2D eigenvalue weighted by atomic mass is 10.1. The van der Waals surface area contributed by atoms with Crippen LogP contribution in [0.4, 0.5) is 0 Å². The first-order valence-electron chi connectivity index (χ1n) is 4.56. The average Bonchev–Trinajstić information content (AvgIpc) is 2.25. The zero-order chi connectivity index (χ0) is 12.0. The summed E-state index contributed by atoms with van der Waals surface area (Å²) in [5.41, 5.74) is 0. The second-order valence-corrected chi connectivity index (χ2v) is 3.12. The van der Waals surface area contributed by atoms with Crippen LogP contribution in [0.3, 0.4) is 0 Å². The maximum absolute atomic E-state index is 11.2. The van der Waals surface area contributed by atoms with E-state index in [1.54, 1.807) is 6.92 Å². The van der Waals surface area contributed by atoms with Crippen molar-refractivity contribution in [2.45, 2.75) is 25.2 Å². The van der Waals surface area contributed by atoms with Crippen LogP contribution >= 0.6 is 0 Å². The van der Waals surface area contributed by atoms with Gasteiger partial charge in [0.2, 0.25) is 0 Å². The summed E-state index contributed by atoms with van der Waals surface area (Å²) in [5.74, 6) is -1.04. The molecular weight excluding hydrogens is 206 g/mol. The number of carbonyl (C=O) groups excluding carboxylic acids is 1. The van der Waals surface area contributed by atoms with E-state index < -0.39 is 30.7 Å². The van der Waals surface area contributed by atoms with E-state index in [2.05, 4.69) is 0 Å². The number of rotatable bonds is 7. The number of aliphatic hydroxyl groups is 4. The highest BCUT2D eigenvalue weighted by molar-refractivity contribution is 5.87. The number of hydrogen-bond donors (Lipinski definition) is 5. The molecule has 0 aliphatic heterocycles. The summed E-state index contributed by atoms with van der Waals surface area (Å²) in [6.45, 7) is 0.681. The van der Waals surface area contributed by atoms with Gasteiger partial charge in [0.1, 0.15) is 18.3 Å². The van der Waals surface area contributed by atoms with Crippen LogP contribution in [0.15, 0.2) is 0 Å². The van der Waals surface area contributed by atoms with Gasteiger partial charge in [-0.2, -0.15) is 5.06 Å². The molecule has 15 heavy (non-hydrogen) atoms. The van der Waals surface area contributed by atoms with Gasteiger partial charge in [-0.1, -0.05) is 6.92 Å². The van der Waals surface area contributed by atoms with Gasteiger partial charge >= 0.3 is 0 Å². The van der Waals surface area contributed by atoms with Gasteiger partial charge in [-0.3, -0.25) is 4.79 Å². The standard InChI is InChI=1S/C8H17NO6/c1-2-9(15)3-5(11)7(13)8(14)6(12)4-10/h5-6,8,10-12,14-15H,2-4H2,1H3/t5-,6+,8-/m1/s1. The van der Waals surface area contributed by atoms with Crippen molar-refractivity contribution in [3.8, 4) is 0 Å². The molecule has 0 aromatic heterocycles. The summed E-state index contributed by atoms with van der Waals surface area (Å²) >= 11 is 0. The molecule has 0 fully saturated rings. The molecule has 0 unspecified atom stereocenters. The molecule has 0 aliphatic rings. The molecule has 90 valence electrons. The van der Waals surface area contributed by atoms with Crippen molar-refractivity contribution in [1.29, 1.82) is 0 Å². The van der Waals surface area contributed by atoms with E-state index in [-0.39, 0.29) is 13.1 Å². The lowest BCUT2D eigenvalue weighted by Crippen LogP contribution is -2.46. The van der Waals surface area contributed by atoms with Gasteiger partial charge in [-0.15, -0.1) is 0 Å². The van der Waals surface area contributed by atoms with E-state index in [1.807, 2.05) is 0 Å². The second kappa shape index (κ2) is 6.83. The van der Waals surface area contributed by atoms with E-state index in [4.69, 9.17) is 20.5 Å². The van der Waals surface area contributed by atoms with Crippen molar-refractivity contribution in [2.24, 2.45) is 0 Å². The molecule has 0 heterocycles. The molecule has 0 saturated heterocycles. The van der Waals surface area contributed by atoms with E-state index >= 15 is 0 Å². The minimum absolute atomic E-state index is 0.211. The van der Waals surface area contributed by atoms with Crippen molar-refractivity contribution in [3.63, 3.8) is 0 Å².